The van der Waals surface area contributed by atoms with Crippen molar-refractivity contribution in [2.75, 3.05) is 49.3 Å². The van der Waals surface area contributed by atoms with E-state index in [-0.39, 0.29) is 5.14 Å². The third-order valence-corrected chi connectivity index (χ3v) is 35.6. The monoisotopic (exact) mass is 612 g/mol. The van der Waals surface area contributed by atoms with Crippen molar-refractivity contribution in [3.63, 3.8) is 0 Å². The number of rotatable bonds is 27. The summed E-state index contributed by atoms with van der Waals surface area (Å²) in [4.78, 5) is 24.1. The maximum atomic E-state index is 14.7. The molecule has 0 heterocycles. The van der Waals surface area contributed by atoms with E-state index in [1.165, 1.54) is 0 Å². The Kier molecular flexibility index (Phi) is 19.8. The zero-order valence-electron chi connectivity index (χ0n) is 28.2. The molecule has 2 N–H and O–H groups in total. The number of hydrogen-bond donors (Lipinski definition) is 2. The first-order chi connectivity index (χ1) is 18.5. The summed E-state index contributed by atoms with van der Waals surface area (Å²) in [5.74, 6) is 0. The molecule has 0 saturated heterocycles. The fourth-order valence-electron chi connectivity index (χ4n) is 8.72. The van der Waals surface area contributed by atoms with Crippen LogP contribution in [0, 0.1) is 0 Å². The van der Waals surface area contributed by atoms with E-state index >= 15 is 0 Å². The van der Waals surface area contributed by atoms with Crippen LogP contribution in [-0.4, -0.2) is 64.2 Å². The molecule has 0 aliphatic carbocycles. The predicted octanol–water partition coefficient (Wildman–Crippen LogP) is 12.0. The van der Waals surface area contributed by atoms with E-state index in [1.807, 2.05) is 0 Å². The Labute approximate surface area is 247 Å². The van der Waals surface area contributed by atoms with Gasteiger partial charge in [0.1, 0.15) is 0 Å². The van der Waals surface area contributed by atoms with Crippen LogP contribution in [0.1, 0.15) is 158 Å². The topological polar surface area (TPSA) is 57.5 Å². The molecule has 3 nitrogen and oxygen atoms in total. The average molecular weight is 613 g/mol. The molecule has 0 aliphatic rings. The Morgan fingerprint density at radius 3 is 0.667 bits per heavy atom. The van der Waals surface area contributed by atoms with Gasteiger partial charge in [-0.2, -0.15) is 0 Å². The number of hydrogen-bond acceptors (Lipinski definition) is 1. The van der Waals surface area contributed by atoms with Crippen LogP contribution in [0.5, 0.6) is 0 Å². The molecule has 240 valence electrons. The van der Waals surface area contributed by atoms with Gasteiger partial charge in [0.25, 0.3) is 0 Å². The van der Waals surface area contributed by atoms with Crippen molar-refractivity contribution in [1.29, 1.82) is 0 Å². The zero-order chi connectivity index (χ0) is 29.9. The Morgan fingerprint density at radius 1 is 0.410 bits per heavy atom. The quantitative estimate of drug-likeness (QED) is 0.0907. The van der Waals surface area contributed by atoms with Gasteiger partial charge in [0.05, 0.1) is 0 Å². The summed E-state index contributed by atoms with van der Waals surface area (Å²) in [6, 6.07) is 0. The molecule has 6 heteroatoms. The molecule has 0 fully saturated rings. The van der Waals surface area contributed by atoms with Gasteiger partial charge >= 0.3 is 248 Å². The van der Waals surface area contributed by atoms with Crippen LogP contribution in [0.4, 0.5) is 0 Å². The first kappa shape index (κ1) is 40.0. The molecular formula is C33H75O3P3. The van der Waals surface area contributed by atoms with Crippen LogP contribution in [0.15, 0.2) is 0 Å². The van der Waals surface area contributed by atoms with Crippen LogP contribution in [0.2, 0.25) is 0 Å². The van der Waals surface area contributed by atoms with Gasteiger partial charge in [-0.15, -0.1) is 0 Å². The first-order valence-corrected chi connectivity index (χ1v) is 25.3. The summed E-state index contributed by atoms with van der Waals surface area (Å²) in [5.41, 5.74) is 0. The van der Waals surface area contributed by atoms with Crippen molar-refractivity contribution >= 4 is 20.8 Å². The number of unbranched alkanes of at least 4 members (excludes halogenated alkanes) is 8. The van der Waals surface area contributed by atoms with Crippen molar-refractivity contribution in [2.24, 2.45) is 0 Å². The predicted molar refractivity (Wildman–Crippen MR) is 188 cm³/mol. The summed E-state index contributed by atoms with van der Waals surface area (Å²) in [6.45, 7) is 12.8. The van der Waals surface area contributed by atoms with E-state index in [0.717, 1.165) is 152 Å². The molecule has 0 atom stereocenters. The standard InChI is InChI=1S/C33H75O3P3/c1-9-17-25-38(26-18-10-2,27-19-11-3,28-20-12-4)33(37(34,35)36)39(29-21-13-5,30-22-14-6,31-23-15-7)32-24-16-8/h33H,9-32H2,1-8H3,(H2,34,35,36). The van der Waals surface area contributed by atoms with Crippen LogP contribution < -0.4 is 0 Å². The van der Waals surface area contributed by atoms with Gasteiger partial charge in [0.15, 0.2) is 0 Å². The normalized spacial score (nSPS) is 15.9. The van der Waals surface area contributed by atoms with Crippen LogP contribution in [-0.2, 0) is 4.57 Å². The molecule has 0 radical (unpaired) electrons. The zero-order valence-corrected chi connectivity index (χ0v) is 30.9. The van der Waals surface area contributed by atoms with Crippen molar-refractivity contribution in [3.8, 4) is 0 Å². The second-order valence-corrected chi connectivity index (χ2v) is 29.5. The Bertz CT molecular complexity index is 542. The van der Waals surface area contributed by atoms with E-state index in [1.54, 1.807) is 0 Å². The molecule has 0 bridgehead atoms. The molecule has 0 amide bonds. The van der Waals surface area contributed by atoms with Gasteiger partial charge in [-0.3, -0.25) is 0 Å². The maximum absolute atomic E-state index is 14.7. The SMILES string of the molecule is CCCCP(CCCC)(CCCC)(CCCC)C(P(=O)(O)O)P(CCCC)(CCCC)(CCCC)CCCC. The third kappa shape index (κ3) is 10.6. The summed E-state index contributed by atoms with van der Waals surface area (Å²) >= 11 is 0. The van der Waals surface area contributed by atoms with Crippen molar-refractivity contribution in [1.82, 2.24) is 0 Å². The third-order valence-electron chi connectivity index (χ3n) is 10.5. The Morgan fingerprint density at radius 2 is 0.564 bits per heavy atom. The second-order valence-electron chi connectivity index (χ2n) is 13.7. The van der Waals surface area contributed by atoms with Gasteiger partial charge in [0, 0.05) is 0 Å². The minimum atomic E-state index is -4.36. The van der Waals surface area contributed by atoms with Gasteiger partial charge in [-0.1, -0.05) is 0 Å². The van der Waals surface area contributed by atoms with E-state index < -0.39 is 20.8 Å². The van der Waals surface area contributed by atoms with Crippen LogP contribution >= 0.6 is 20.8 Å². The molecule has 0 aliphatic heterocycles. The molecule has 39 heavy (non-hydrogen) atoms. The molecule has 0 aromatic heterocycles. The van der Waals surface area contributed by atoms with Gasteiger partial charge in [-0.25, -0.2) is 0 Å². The molecule has 0 unspecified atom stereocenters. The van der Waals surface area contributed by atoms with E-state index in [2.05, 4.69) is 55.4 Å². The van der Waals surface area contributed by atoms with Crippen molar-refractivity contribution in [3.05, 3.63) is 0 Å². The fourth-order valence-corrected chi connectivity index (χ4v) is 42.3. The van der Waals surface area contributed by atoms with Gasteiger partial charge in [-0.05, 0) is 0 Å². The summed E-state index contributed by atoms with van der Waals surface area (Å²) in [6.07, 6.45) is 27.5. The summed E-state index contributed by atoms with van der Waals surface area (Å²) in [5, 5.41) is -0.290. The fraction of sp³-hybridized carbons (Fsp3) is 1.00. The minimum absolute atomic E-state index is 0.290. The molecule has 0 rings (SSSR count). The molecule has 0 aromatic rings. The van der Waals surface area contributed by atoms with E-state index in [9.17, 15) is 14.4 Å². The van der Waals surface area contributed by atoms with E-state index in [0.29, 0.717) is 0 Å². The van der Waals surface area contributed by atoms with Crippen LogP contribution in [0.3, 0.4) is 0 Å². The molecule has 0 spiro atoms. The Hall–Kier alpha value is 1.01. The van der Waals surface area contributed by atoms with Crippen molar-refractivity contribution in [2.45, 2.75) is 163 Å². The van der Waals surface area contributed by atoms with Gasteiger partial charge in [0.2, 0.25) is 0 Å². The Balaban J connectivity index is 8.25. The summed E-state index contributed by atoms with van der Waals surface area (Å²) < 4.78 is 14.7. The van der Waals surface area contributed by atoms with Crippen molar-refractivity contribution < 1.29 is 14.4 Å². The second kappa shape index (κ2) is 19.3. The molecular weight excluding hydrogens is 537 g/mol. The molecule has 0 saturated carbocycles. The van der Waals surface area contributed by atoms with Gasteiger partial charge < -0.3 is 0 Å². The summed E-state index contributed by atoms with van der Waals surface area (Å²) in [7, 11) is -4.36. The van der Waals surface area contributed by atoms with Crippen LogP contribution in [0.25, 0.3) is 0 Å². The molecule has 0 aromatic carbocycles. The van der Waals surface area contributed by atoms with E-state index in [4.69, 9.17) is 0 Å². The first-order valence-electron chi connectivity index (χ1n) is 17.5. The average Bonchev–Trinajstić information content (AvgIpc) is 2.92.